The van der Waals surface area contributed by atoms with Crippen LogP contribution in [-0.4, -0.2) is 29.3 Å². The summed E-state index contributed by atoms with van der Waals surface area (Å²) in [7, 11) is 0. The Balaban J connectivity index is 1.17. The molecule has 7 rings (SSSR count). The Bertz CT molecular complexity index is 1110. The third-order valence-corrected chi connectivity index (χ3v) is 10.8. The largest absolute Gasteiger partial charge is 0.359 e. The summed E-state index contributed by atoms with van der Waals surface area (Å²) in [6.07, 6.45) is 9.42. The van der Waals surface area contributed by atoms with Gasteiger partial charge in [0, 0.05) is 30.1 Å². The molecular formula is C36H51N3S. The summed E-state index contributed by atoms with van der Waals surface area (Å²) in [4.78, 5) is 0. The highest BCUT2D eigenvalue weighted by molar-refractivity contribution is 7.80. The molecule has 4 saturated carbocycles. The van der Waals surface area contributed by atoms with Crippen molar-refractivity contribution in [2.45, 2.75) is 121 Å². The highest BCUT2D eigenvalue weighted by atomic mass is 32.1. The van der Waals surface area contributed by atoms with Crippen molar-refractivity contribution in [1.29, 1.82) is 0 Å². The Kier molecular flexibility index (Phi) is 7.35. The van der Waals surface area contributed by atoms with Crippen LogP contribution in [-0.2, 0) is 10.8 Å². The normalized spacial score (nSPS) is 31.5. The first-order chi connectivity index (χ1) is 18.9. The predicted molar refractivity (Wildman–Crippen MR) is 172 cm³/mol. The van der Waals surface area contributed by atoms with Crippen LogP contribution in [0.5, 0.6) is 0 Å². The fraction of sp³-hybridized carbons (Fsp3) is 0.639. The van der Waals surface area contributed by atoms with Gasteiger partial charge < -0.3 is 16.0 Å². The summed E-state index contributed by atoms with van der Waals surface area (Å²) in [5.41, 5.74) is 6.13. The predicted octanol–water partition coefficient (Wildman–Crippen LogP) is 7.58. The molecule has 1 heterocycles. The summed E-state index contributed by atoms with van der Waals surface area (Å²) in [5.74, 6) is 3.08. The zero-order valence-electron chi connectivity index (χ0n) is 25.6. The van der Waals surface area contributed by atoms with Gasteiger partial charge in [-0.2, -0.15) is 0 Å². The molecule has 3 nitrogen and oxygen atoms in total. The molecule has 0 amide bonds. The Morgan fingerprint density at radius 1 is 0.750 bits per heavy atom. The summed E-state index contributed by atoms with van der Waals surface area (Å²) >= 11 is 5.97. The van der Waals surface area contributed by atoms with Gasteiger partial charge in [0.1, 0.15) is 0 Å². The second-order valence-corrected chi connectivity index (χ2v) is 16.4. The van der Waals surface area contributed by atoms with Crippen molar-refractivity contribution in [2.24, 2.45) is 17.8 Å². The van der Waals surface area contributed by atoms with Crippen LogP contribution in [0.3, 0.4) is 0 Å². The average molecular weight is 558 g/mol. The smallest absolute Gasteiger partial charge is 0.166 e. The van der Waals surface area contributed by atoms with Gasteiger partial charge in [-0.15, -0.1) is 0 Å². The number of thiocarbonyl (C=S) groups is 1. The van der Waals surface area contributed by atoms with E-state index in [-0.39, 0.29) is 16.4 Å². The van der Waals surface area contributed by atoms with Gasteiger partial charge in [0.25, 0.3) is 0 Å². The fourth-order valence-electron chi connectivity index (χ4n) is 8.89. The molecule has 3 N–H and O–H groups in total. The zero-order chi connectivity index (χ0) is 28.3. The molecular weight excluding hydrogens is 506 g/mol. The minimum atomic E-state index is 0.155. The van der Waals surface area contributed by atoms with E-state index < -0.39 is 0 Å². The molecule has 0 spiro atoms. The number of benzene rings is 2. The van der Waals surface area contributed by atoms with Crippen molar-refractivity contribution < 1.29 is 0 Å². The van der Waals surface area contributed by atoms with Crippen LogP contribution >= 0.6 is 12.2 Å². The Morgan fingerprint density at radius 2 is 1.20 bits per heavy atom. The Morgan fingerprint density at radius 3 is 1.62 bits per heavy atom. The third kappa shape index (κ3) is 5.86. The standard InChI is InChI=1S/C36H51N3S/c1-34(2,3)28-11-7-26(8-12-28)32(27-9-13-29(14-10-27)35(4,5)6)31-18-30(22-37-31)38-33(40)39-36-19-23-15-24(20-36)17-25(16-23)21-36/h7-14,23-25,30-32,37H,15-22H2,1-6H3,(H2,38,39,40). The SMILES string of the molecule is CC(C)(C)c1ccc(C(c2ccc(C(C)(C)C)cc2)C2CC(NC(=S)NC34CC5CC(CC(C5)C3)C4)CN2)cc1. The van der Waals surface area contributed by atoms with E-state index >= 15 is 0 Å². The number of nitrogens with one attached hydrogen (secondary N) is 3. The number of hydrogen-bond donors (Lipinski definition) is 3. The first-order valence-electron chi connectivity index (χ1n) is 15.9. The van der Waals surface area contributed by atoms with E-state index in [1.165, 1.54) is 60.8 Å². The zero-order valence-corrected chi connectivity index (χ0v) is 26.5. The molecule has 5 aliphatic rings. The van der Waals surface area contributed by atoms with Crippen LogP contribution in [0.4, 0.5) is 0 Å². The molecule has 1 saturated heterocycles. The van der Waals surface area contributed by atoms with Crippen molar-refractivity contribution in [3.63, 3.8) is 0 Å². The minimum Gasteiger partial charge on any atom is -0.359 e. The molecule has 2 unspecified atom stereocenters. The van der Waals surface area contributed by atoms with E-state index in [1.54, 1.807) is 0 Å². The lowest BCUT2D eigenvalue weighted by atomic mass is 9.53. The lowest BCUT2D eigenvalue weighted by Crippen LogP contribution is -2.62. The summed E-state index contributed by atoms with van der Waals surface area (Å²) < 4.78 is 0. The summed E-state index contributed by atoms with van der Waals surface area (Å²) in [6, 6.07) is 19.5. The molecule has 2 atom stereocenters. The minimum absolute atomic E-state index is 0.155. The van der Waals surface area contributed by atoms with Gasteiger partial charge in [-0.3, -0.25) is 0 Å². The van der Waals surface area contributed by atoms with Crippen LogP contribution in [0.15, 0.2) is 48.5 Å². The van der Waals surface area contributed by atoms with Crippen LogP contribution < -0.4 is 16.0 Å². The second-order valence-electron chi connectivity index (χ2n) is 16.0. The molecule has 4 heteroatoms. The van der Waals surface area contributed by atoms with Gasteiger partial charge in [0.2, 0.25) is 0 Å². The number of rotatable bonds is 5. The maximum Gasteiger partial charge on any atom is 0.166 e. The lowest BCUT2D eigenvalue weighted by Gasteiger charge is -2.57. The van der Waals surface area contributed by atoms with Crippen LogP contribution in [0, 0.1) is 17.8 Å². The summed E-state index contributed by atoms with van der Waals surface area (Å²) in [6.45, 7) is 14.7. The van der Waals surface area contributed by atoms with Crippen LogP contribution in [0.1, 0.15) is 115 Å². The Labute approximate surface area is 248 Å². The van der Waals surface area contributed by atoms with Crippen molar-refractivity contribution in [2.75, 3.05) is 6.54 Å². The fourth-order valence-corrected chi connectivity index (χ4v) is 9.28. The summed E-state index contributed by atoms with van der Waals surface area (Å²) in [5, 5.41) is 12.4. The van der Waals surface area contributed by atoms with E-state index in [0.717, 1.165) is 35.8 Å². The topological polar surface area (TPSA) is 36.1 Å². The third-order valence-electron chi connectivity index (χ3n) is 10.6. The first-order valence-corrected chi connectivity index (χ1v) is 16.3. The van der Waals surface area contributed by atoms with E-state index in [1.807, 2.05) is 0 Å². The molecule has 0 aromatic heterocycles. The average Bonchev–Trinajstić information content (AvgIpc) is 3.30. The molecule has 1 aliphatic heterocycles. The van der Waals surface area contributed by atoms with Gasteiger partial charge in [-0.05, 0) is 108 Å². The molecule has 4 aliphatic carbocycles. The van der Waals surface area contributed by atoms with Gasteiger partial charge in [-0.25, -0.2) is 0 Å². The lowest BCUT2D eigenvalue weighted by molar-refractivity contribution is -0.0102. The molecule has 216 valence electrons. The van der Waals surface area contributed by atoms with E-state index in [2.05, 4.69) is 106 Å². The first kappa shape index (κ1) is 28.2. The van der Waals surface area contributed by atoms with Crippen molar-refractivity contribution in [1.82, 2.24) is 16.0 Å². The number of hydrogen-bond acceptors (Lipinski definition) is 2. The van der Waals surface area contributed by atoms with Crippen molar-refractivity contribution >= 4 is 17.3 Å². The quantitative estimate of drug-likeness (QED) is 0.331. The van der Waals surface area contributed by atoms with E-state index in [9.17, 15) is 0 Å². The van der Waals surface area contributed by atoms with Gasteiger partial charge in [-0.1, -0.05) is 90.1 Å². The monoisotopic (exact) mass is 557 g/mol. The van der Waals surface area contributed by atoms with Gasteiger partial charge in [0.15, 0.2) is 5.11 Å². The van der Waals surface area contributed by atoms with Gasteiger partial charge >= 0.3 is 0 Å². The van der Waals surface area contributed by atoms with Gasteiger partial charge in [0.05, 0.1) is 0 Å². The molecule has 4 bridgehead atoms. The van der Waals surface area contributed by atoms with E-state index in [0.29, 0.717) is 18.0 Å². The van der Waals surface area contributed by atoms with Crippen molar-refractivity contribution in [3.8, 4) is 0 Å². The highest BCUT2D eigenvalue weighted by Gasteiger charge is 2.51. The maximum absolute atomic E-state index is 5.97. The second kappa shape index (κ2) is 10.4. The molecule has 2 aromatic carbocycles. The Hall–Kier alpha value is -1.91. The van der Waals surface area contributed by atoms with Crippen molar-refractivity contribution in [3.05, 3.63) is 70.8 Å². The van der Waals surface area contributed by atoms with Crippen LogP contribution in [0.2, 0.25) is 0 Å². The molecule has 0 radical (unpaired) electrons. The van der Waals surface area contributed by atoms with Crippen LogP contribution in [0.25, 0.3) is 0 Å². The highest BCUT2D eigenvalue weighted by Crippen LogP contribution is 2.55. The molecule has 40 heavy (non-hydrogen) atoms. The van der Waals surface area contributed by atoms with E-state index in [4.69, 9.17) is 12.2 Å². The molecule has 2 aromatic rings. The molecule has 5 fully saturated rings. The maximum atomic E-state index is 5.97.